The molecule has 2 aliphatic rings. The fraction of sp³-hybridized carbons (Fsp3) is 0.556. The van der Waals surface area contributed by atoms with E-state index in [1.165, 1.54) is 0 Å². The number of hydrogen-bond acceptors (Lipinski definition) is 5. The van der Waals surface area contributed by atoms with Crippen molar-refractivity contribution in [2.75, 3.05) is 39.5 Å². The maximum Gasteiger partial charge on any atom is 0.259 e. The molecule has 0 bridgehead atoms. The van der Waals surface area contributed by atoms with Crippen LogP contribution in [0, 0.1) is 0 Å². The summed E-state index contributed by atoms with van der Waals surface area (Å²) >= 11 is 0. The standard InChI is InChI=1S/C18H25NO4/c1-3-4-10-21-17-7-5-16(6-8-17)18(22-12-13-23-18)19-9-11-20-15(2)14-19/h5-8H,2-4,9-14H2,1H3. The van der Waals surface area contributed by atoms with Crippen LogP contribution in [-0.2, 0) is 20.1 Å². The third-order valence-corrected chi connectivity index (χ3v) is 4.12. The van der Waals surface area contributed by atoms with E-state index in [4.69, 9.17) is 18.9 Å². The zero-order valence-electron chi connectivity index (χ0n) is 13.8. The van der Waals surface area contributed by atoms with Crippen molar-refractivity contribution in [3.05, 3.63) is 42.2 Å². The zero-order chi connectivity index (χ0) is 16.1. The van der Waals surface area contributed by atoms with Gasteiger partial charge in [0.25, 0.3) is 5.91 Å². The second-order valence-corrected chi connectivity index (χ2v) is 5.81. The minimum atomic E-state index is -0.839. The molecule has 5 heteroatoms. The van der Waals surface area contributed by atoms with Crippen molar-refractivity contribution in [2.45, 2.75) is 25.7 Å². The summed E-state index contributed by atoms with van der Waals surface area (Å²) in [6.45, 7) is 9.94. The largest absolute Gasteiger partial charge is 0.496 e. The van der Waals surface area contributed by atoms with E-state index in [1.807, 2.05) is 24.3 Å². The van der Waals surface area contributed by atoms with E-state index >= 15 is 0 Å². The Bertz CT molecular complexity index is 522. The number of hydrogen-bond donors (Lipinski definition) is 0. The Morgan fingerprint density at radius 2 is 1.91 bits per heavy atom. The Balaban J connectivity index is 1.76. The van der Waals surface area contributed by atoms with E-state index in [2.05, 4.69) is 18.4 Å². The van der Waals surface area contributed by atoms with Crippen LogP contribution in [0.2, 0.25) is 0 Å². The van der Waals surface area contributed by atoms with Crippen LogP contribution in [0.4, 0.5) is 0 Å². The molecule has 2 saturated heterocycles. The molecule has 5 nitrogen and oxygen atoms in total. The number of nitrogens with zero attached hydrogens (tertiary/aromatic N) is 1. The van der Waals surface area contributed by atoms with Gasteiger partial charge in [0, 0.05) is 12.1 Å². The average molecular weight is 319 g/mol. The molecule has 0 atom stereocenters. The Labute approximate surface area is 137 Å². The van der Waals surface area contributed by atoms with Crippen molar-refractivity contribution in [1.29, 1.82) is 0 Å². The highest BCUT2D eigenvalue weighted by atomic mass is 16.8. The van der Waals surface area contributed by atoms with Crippen molar-refractivity contribution in [3.63, 3.8) is 0 Å². The molecular weight excluding hydrogens is 294 g/mol. The zero-order valence-corrected chi connectivity index (χ0v) is 13.8. The lowest BCUT2D eigenvalue weighted by Crippen LogP contribution is -2.51. The molecule has 1 aromatic rings. The molecule has 0 saturated carbocycles. The van der Waals surface area contributed by atoms with Crippen molar-refractivity contribution in [2.24, 2.45) is 0 Å². The first-order chi connectivity index (χ1) is 11.2. The molecule has 1 aromatic carbocycles. The number of ether oxygens (including phenoxy) is 4. The predicted molar refractivity (Wildman–Crippen MR) is 87.1 cm³/mol. The van der Waals surface area contributed by atoms with Crippen LogP contribution < -0.4 is 4.74 Å². The summed E-state index contributed by atoms with van der Waals surface area (Å²) in [7, 11) is 0. The average Bonchev–Trinajstić information content (AvgIpc) is 3.07. The van der Waals surface area contributed by atoms with Crippen molar-refractivity contribution < 1.29 is 18.9 Å². The Kier molecular flexibility index (Phi) is 5.20. The molecule has 0 amide bonds. The first-order valence-corrected chi connectivity index (χ1v) is 8.31. The van der Waals surface area contributed by atoms with E-state index in [0.29, 0.717) is 26.4 Å². The molecule has 0 N–H and O–H groups in total. The van der Waals surface area contributed by atoms with Gasteiger partial charge in [-0.1, -0.05) is 19.9 Å². The van der Waals surface area contributed by atoms with E-state index in [0.717, 1.165) is 43.1 Å². The minimum absolute atomic E-state index is 0.582. The summed E-state index contributed by atoms with van der Waals surface area (Å²) in [6, 6.07) is 8.00. The third kappa shape index (κ3) is 3.52. The van der Waals surface area contributed by atoms with Crippen molar-refractivity contribution in [1.82, 2.24) is 4.90 Å². The molecular formula is C18H25NO4. The van der Waals surface area contributed by atoms with Gasteiger partial charge in [0.15, 0.2) is 0 Å². The SMILES string of the molecule is C=C1CN(C2(c3ccc(OCCCC)cc3)OCCO2)CCO1. The van der Waals surface area contributed by atoms with Crippen molar-refractivity contribution >= 4 is 0 Å². The van der Waals surface area contributed by atoms with E-state index in [-0.39, 0.29) is 0 Å². The number of rotatable bonds is 6. The van der Waals surface area contributed by atoms with Gasteiger partial charge in [0.05, 0.1) is 26.4 Å². The summed E-state index contributed by atoms with van der Waals surface area (Å²) < 4.78 is 23.2. The molecule has 126 valence electrons. The molecule has 2 aliphatic heterocycles. The molecule has 23 heavy (non-hydrogen) atoms. The summed E-state index contributed by atoms with van der Waals surface area (Å²) in [4.78, 5) is 2.14. The lowest BCUT2D eigenvalue weighted by molar-refractivity contribution is -0.276. The highest BCUT2D eigenvalue weighted by molar-refractivity contribution is 5.30. The maximum atomic E-state index is 6.02. The molecule has 0 radical (unpaired) electrons. The number of morpholine rings is 1. The maximum absolute atomic E-state index is 6.02. The van der Waals surface area contributed by atoms with Crippen LogP contribution in [0.3, 0.4) is 0 Å². The summed E-state index contributed by atoms with van der Waals surface area (Å²) in [6.07, 6.45) is 2.19. The van der Waals surface area contributed by atoms with Crippen molar-refractivity contribution in [3.8, 4) is 5.75 Å². The Hall–Kier alpha value is -1.56. The smallest absolute Gasteiger partial charge is 0.259 e. The van der Waals surface area contributed by atoms with E-state index in [1.54, 1.807) is 0 Å². The van der Waals surface area contributed by atoms with Gasteiger partial charge in [-0.15, -0.1) is 0 Å². The fourth-order valence-corrected chi connectivity index (χ4v) is 2.92. The molecule has 3 rings (SSSR count). The monoisotopic (exact) mass is 319 g/mol. The van der Waals surface area contributed by atoms with Crippen LogP contribution in [-0.4, -0.2) is 44.4 Å². The summed E-state index contributed by atoms with van der Waals surface area (Å²) in [5.74, 6) is 0.783. The predicted octanol–water partition coefficient (Wildman–Crippen LogP) is 2.87. The van der Waals surface area contributed by atoms with Crippen LogP contribution in [0.5, 0.6) is 5.75 Å². The van der Waals surface area contributed by atoms with Crippen LogP contribution in [0.25, 0.3) is 0 Å². The van der Waals surface area contributed by atoms with Gasteiger partial charge >= 0.3 is 0 Å². The lowest BCUT2D eigenvalue weighted by atomic mass is 10.1. The van der Waals surface area contributed by atoms with Gasteiger partial charge in [0.1, 0.15) is 18.1 Å². The van der Waals surface area contributed by atoms with Crippen LogP contribution >= 0.6 is 0 Å². The third-order valence-electron chi connectivity index (χ3n) is 4.12. The van der Waals surface area contributed by atoms with Gasteiger partial charge < -0.3 is 18.9 Å². The number of benzene rings is 1. The van der Waals surface area contributed by atoms with Gasteiger partial charge in [-0.05, 0) is 30.7 Å². The molecule has 2 fully saturated rings. The Morgan fingerprint density at radius 1 is 1.17 bits per heavy atom. The quantitative estimate of drug-likeness (QED) is 0.754. The second-order valence-electron chi connectivity index (χ2n) is 5.81. The second kappa shape index (κ2) is 7.34. The highest BCUT2D eigenvalue weighted by Gasteiger charge is 2.45. The number of unbranched alkanes of at least 4 members (excludes halogenated alkanes) is 1. The first-order valence-electron chi connectivity index (χ1n) is 8.31. The molecule has 2 heterocycles. The van der Waals surface area contributed by atoms with E-state index in [9.17, 15) is 0 Å². The Morgan fingerprint density at radius 3 is 2.57 bits per heavy atom. The first kappa shape index (κ1) is 16.3. The molecule has 0 aromatic heterocycles. The van der Waals surface area contributed by atoms with Crippen LogP contribution in [0.1, 0.15) is 25.3 Å². The lowest BCUT2D eigenvalue weighted by Gasteiger charge is -2.41. The molecule has 0 spiro atoms. The highest BCUT2D eigenvalue weighted by Crippen LogP contribution is 2.37. The molecule has 0 aliphatic carbocycles. The fourth-order valence-electron chi connectivity index (χ4n) is 2.92. The summed E-state index contributed by atoms with van der Waals surface area (Å²) in [5.41, 5.74) is 0.979. The van der Waals surface area contributed by atoms with Gasteiger partial charge in [-0.2, -0.15) is 0 Å². The van der Waals surface area contributed by atoms with Crippen LogP contribution in [0.15, 0.2) is 36.6 Å². The normalized spacial score (nSPS) is 21.2. The van der Waals surface area contributed by atoms with Gasteiger partial charge in [-0.3, -0.25) is 0 Å². The van der Waals surface area contributed by atoms with Gasteiger partial charge in [-0.25, -0.2) is 4.90 Å². The summed E-state index contributed by atoms with van der Waals surface area (Å²) in [5, 5.41) is 0. The minimum Gasteiger partial charge on any atom is -0.496 e. The van der Waals surface area contributed by atoms with E-state index < -0.39 is 5.91 Å². The topological polar surface area (TPSA) is 40.2 Å². The molecule has 0 unspecified atom stereocenters. The van der Waals surface area contributed by atoms with Gasteiger partial charge in [0.2, 0.25) is 0 Å².